The Morgan fingerprint density at radius 3 is 2.79 bits per heavy atom. The van der Waals surface area contributed by atoms with Crippen molar-refractivity contribution in [2.45, 2.75) is 6.54 Å². The number of benzene rings is 1. The second-order valence-corrected chi connectivity index (χ2v) is 5.26. The Bertz CT molecular complexity index is 609. The monoisotopic (exact) mass is 314 g/mol. The van der Waals surface area contributed by atoms with E-state index in [4.69, 9.17) is 35.0 Å². The van der Waals surface area contributed by atoms with Gasteiger partial charge in [0.1, 0.15) is 17.7 Å². The Kier molecular flexibility index (Phi) is 3.31. The fourth-order valence-corrected chi connectivity index (χ4v) is 2.41. The molecule has 0 atom stereocenters. The highest BCUT2D eigenvalue weighted by atomic mass is 35.5. The van der Waals surface area contributed by atoms with Gasteiger partial charge in [0.15, 0.2) is 0 Å². The zero-order valence-electron chi connectivity index (χ0n) is 9.65. The minimum absolute atomic E-state index is 0.543. The van der Waals surface area contributed by atoms with Crippen molar-refractivity contribution in [2.24, 2.45) is 4.99 Å². The molecule has 2 aliphatic heterocycles. The van der Waals surface area contributed by atoms with E-state index >= 15 is 0 Å². The lowest BCUT2D eigenvalue weighted by molar-refractivity contribution is 0.300. The van der Waals surface area contributed by atoms with Crippen LogP contribution >= 0.6 is 35.0 Å². The number of nitrogens with zero attached hydrogens (tertiary/aromatic N) is 3. The summed E-state index contributed by atoms with van der Waals surface area (Å²) in [5.74, 6) is 0. The highest BCUT2D eigenvalue weighted by Gasteiger charge is 2.25. The van der Waals surface area contributed by atoms with Crippen molar-refractivity contribution in [2.75, 3.05) is 0 Å². The number of fused-ring (bicyclic) bond motifs is 1. The van der Waals surface area contributed by atoms with Crippen LogP contribution in [0, 0.1) is 0 Å². The van der Waals surface area contributed by atoms with Crippen LogP contribution in [0.2, 0.25) is 10.0 Å². The topological polar surface area (TPSA) is 30.9 Å². The fraction of sp³-hybridized carbons (Fsp3) is 0.0833. The van der Waals surface area contributed by atoms with Gasteiger partial charge in [0.2, 0.25) is 0 Å². The average molecular weight is 316 g/mol. The fourth-order valence-electron chi connectivity index (χ4n) is 1.90. The van der Waals surface area contributed by atoms with Crippen LogP contribution in [-0.2, 0) is 6.54 Å². The first kappa shape index (κ1) is 12.7. The van der Waals surface area contributed by atoms with Gasteiger partial charge < -0.3 is 5.43 Å². The van der Waals surface area contributed by atoms with Crippen LogP contribution in [0.1, 0.15) is 5.56 Å². The molecule has 0 spiro atoms. The van der Waals surface area contributed by atoms with Gasteiger partial charge in [-0.3, -0.25) is 5.01 Å². The van der Waals surface area contributed by atoms with E-state index in [-0.39, 0.29) is 0 Å². The van der Waals surface area contributed by atoms with E-state index in [2.05, 4.69) is 10.4 Å². The maximum atomic E-state index is 6.01. The smallest absolute Gasteiger partial charge is 0.111 e. The Hall–Kier alpha value is -1.36. The normalized spacial score (nSPS) is 17.0. The second-order valence-electron chi connectivity index (χ2n) is 4.08. The molecular formula is C12H9Cl3N4. The molecule has 1 aromatic carbocycles. The van der Waals surface area contributed by atoms with E-state index in [0.29, 0.717) is 16.6 Å². The summed E-state index contributed by atoms with van der Waals surface area (Å²) in [6.45, 7) is 0.628. The number of halogens is 3. The molecular weight excluding hydrogens is 307 g/mol. The summed E-state index contributed by atoms with van der Waals surface area (Å²) in [7, 11) is 0. The Morgan fingerprint density at radius 2 is 2.00 bits per heavy atom. The van der Waals surface area contributed by atoms with Crippen molar-refractivity contribution < 1.29 is 0 Å². The van der Waals surface area contributed by atoms with Crippen molar-refractivity contribution in [3.05, 3.63) is 57.6 Å². The highest BCUT2D eigenvalue weighted by Crippen LogP contribution is 2.29. The second kappa shape index (κ2) is 4.96. The van der Waals surface area contributed by atoms with Gasteiger partial charge in [-0.2, -0.15) is 0 Å². The lowest BCUT2D eigenvalue weighted by atomic mass is 10.2. The molecule has 4 nitrogen and oxygen atoms in total. The molecule has 7 heteroatoms. The minimum Gasteiger partial charge on any atom is -0.303 e. The third kappa shape index (κ3) is 2.39. The van der Waals surface area contributed by atoms with Crippen molar-refractivity contribution in [3.8, 4) is 0 Å². The number of hydrazine groups is 1. The first-order valence-electron chi connectivity index (χ1n) is 5.52. The molecule has 0 aromatic heterocycles. The average Bonchev–Trinajstić information content (AvgIpc) is 2.79. The first-order valence-corrected chi connectivity index (χ1v) is 6.61. The van der Waals surface area contributed by atoms with E-state index in [0.717, 1.165) is 17.0 Å². The zero-order valence-corrected chi connectivity index (χ0v) is 11.9. The van der Waals surface area contributed by atoms with E-state index in [1.54, 1.807) is 18.6 Å². The van der Waals surface area contributed by atoms with E-state index in [1.165, 1.54) is 4.42 Å². The van der Waals surface area contributed by atoms with Crippen LogP contribution in [0.4, 0.5) is 0 Å². The third-order valence-electron chi connectivity index (χ3n) is 2.83. The summed E-state index contributed by atoms with van der Waals surface area (Å²) in [6, 6.07) is 5.55. The standard InChI is InChI=1S/C12H9Cl3N4/c13-9-2-1-8(3-10(9)14)6-19-12-4-16-7-18(15)11(12)5-17-19/h1-5,7,17H,6H2. The summed E-state index contributed by atoms with van der Waals surface area (Å²) in [4.78, 5) is 4.06. The van der Waals surface area contributed by atoms with Crippen LogP contribution in [0.5, 0.6) is 0 Å². The van der Waals surface area contributed by atoms with Gasteiger partial charge in [0.25, 0.3) is 0 Å². The summed E-state index contributed by atoms with van der Waals surface area (Å²) < 4.78 is 1.44. The molecule has 0 saturated carbocycles. The summed E-state index contributed by atoms with van der Waals surface area (Å²) >= 11 is 17.9. The zero-order chi connectivity index (χ0) is 13.4. The molecule has 3 rings (SSSR count). The molecule has 0 unspecified atom stereocenters. The maximum absolute atomic E-state index is 6.01. The molecule has 0 aliphatic carbocycles. The third-order valence-corrected chi connectivity index (χ3v) is 3.84. The summed E-state index contributed by atoms with van der Waals surface area (Å²) in [5, 5.41) is 3.02. The van der Waals surface area contributed by atoms with E-state index < -0.39 is 0 Å². The lowest BCUT2D eigenvalue weighted by Gasteiger charge is -2.24. The largest absolute Gasteiger partial charge is 0.303 e. The number of hydrogen-bond acceptors (Lipinski definition) is 4. The van der Waals surface area contributed by atoms with Gasteiger partial charge >= 0.3 is 0 Å². The van der Waals surface area contributed by atoms with Crippen molar-refractivity contribution >= 4 is 41.3 Å². The molecule has 2 aliphatic rings. The van der Waals surface area contributed by atoms with E-state index in [9.17, 15) is 0 Å². The SMILES string of the molecule is Clc1ccc(CN2NC=C3C2=CN=CN3Cl)cc1Cl. The quantitative estimate of drug-likeness (QED) is 0.848. The van der Waals surface area contributed by atoms with Crippen LogP contribution in [-0.4, -0.2) is 15.8 Å². The summed E-state index contributed by atoms with van der Waals surface area (Å²) in [6.07, 6.45) is 5.12. The highest BCUT2D eigenvalue weighted by molar-refractivity contribution is 6.42. The number of rotatable bonds is 2. The van der Waals surface area contributed by atoms with Crippen LogP contribution in [0.15, 0.2) is 47.0 Å². The van der Waals surface area contributed by atoms with Gasteiger partial charge in [-0.25, -0.2) is 9.41 Å². The number of nitrogens with one attached hydrogen (secondary N) is 1. The molecule has 0 fully saturated rings. The molecule has 1 aromatic rings. The van der Waals surface area contributed by atoms with E-state index in [1.807, 2.05) is 23.3 Å². The Labute approximate surface area is 125 Å². The molecule has 2 heterocycles. The predicted molar refractivity (Wildman–Crippen MR) is 77.5 cm³/mol. The number of aliphatic imine (C=N–C) groups is 1. The maximum Gasteiger partial charge on any atom is 0.111 e. The van der Waals surface area contributed by atoms with Crippen LogP contribution in [0.3, 0.4) is 0 Å². The summed E-state index contributed by atoms with van der Waals surface area (Å²) in [5.41, 5.74) is 5.93. The van der Waals surface area contributed by atoms with Crippen molar-refractivity contribution in [1.29, 1.82) is 0 Å². The molecule has 0 bridgehead atoms. The minimum atomic E-state index is 0.543. The molecule has 1 N–H and O–H groups in total. The lowest BCUT2D eigenvalue weighted by Crippen LogP contribution is -2.29. The van der Waals surface area contributed by atoms with Gasteiger partial charge in [0.05, 0.1) is 22.8 Å². The predicted octanol–water partition coefficient (Wildman–Crippen LogP) is 3.49. The molecule has 19 heavy (non-hydrogen) atoms. The van der Waals surface area contributed by atoms with Gasteiger partial charge in [-0.1, -0.05) is 29.3 Å². The van der Waals surface area contributed by atoms with Crippen molar-refractivity contribution in [1.82, 2.24) is 14.9 Å². The van der Waals surface area contributed by atoms with Crippen LogP contribution in [0.25, 0.3) is 0 Å². The number of hydrogen-bond donors (Lipinski definition) is 1. The van der Waals surface area contributed by atoms with Gasteiger partial charge in [0, 0.05) is 18.0 Å². The molecule has 0 saturated heterocycles. The molecule has 0 radical (unpaired) electrons. The van der Waals surface area contributed by atoms with Gasteiger partial charge in [-0.05, 0) is 17.7 Å². The molecule has 98 valence electrons. The first-order chi connectivity index (χ1) is 9.15. The van der Waals surface area contributed by atoms with Crippen LogP contribution < -0.4 is 5.43 Å². The Balaban J connectivity index is 1.80. The van der Waals surface area contributed by atoms with Crippen molar-refractivity contribution in [3.63, 3.8) is 0 Å². The Morgan fingerprint density at radius 1 is 1.16 bits per heavy atom. The molecule has 0 amide bonds. The van der Waals surface area contributed by atoms with Gasteiger partial charge in [-0.15, -0.1) is 0 Å².